The molecule has 1 aliphatic rings. The molecule has 2 aromatic rings. The predicted octanol–water partition coefficient (Wildman–Crippen LogP) is 2.82. The van der Waals surface area contributed by atoms with Crippen LogP contribution >= 0.6 is 11.5 Å². The number of carbonyl (C=O) groups is 1. The van der Waals surface area contributed by atoms with Crippen molar-refractivity contribution in [3.8, 4) is 0 Å². The number of benzene rings is 1. The summed E-state index contributed by atoms with van der Waals surface area (Å²) in [4.78, 5) is 21.1. The molecule has 1 saturated heterocycles. The number of hydrogen-bond donors (Lipinski definition) is 0. The quantitative estimate of drug-likeness (QED) is 0.856. The van der Waals surface area contributed by atoms with Crippen LogP contribution in [0.15, 0.2) is 30.3 Å². The fourth-order valence-electron chi connectivity index (χ4n) is 2.92. The molecule has 6 heteroatoms. The molecule has 24 heavy (non-hydrogen) atoms. The van der Waals surface area contributed by atoms with Gasteiger partial charge in [-0.15, -0.1) is 0 Å². The normalized spacial score (nSPS) is 15.6. The maximum Gasteiger partial charge on any atom is 0.225 e. The molecule has 0 bridgehead atoms. The zero-order chi connectivity index (χ0) is 16.9. The Kier molecular flexibility index (Phi) is 5.45. The van der Waals surface area contributed by atoms with Crippen molar-refractivity contribution in [3.63, 3.8) is 0 Å². The Bertz CT molecular complexity index is 671. The van der Waals surface area contributed by atoms with Gasteiger partial charge in [-0.25, -0.2) is 4.98 Å². The summed E-state index contributed by atoms with van der Waals surface area (Å²) in [7, 11) is 0. The Balaban J connectivity index is 1.62. The number of anilines is 1. The highest BCUT2D eigenvalue weighted by atomic mass is 32.1. The monoisotopic (exact) mass is 344 g/mol. The molecule has 2 heterocycles. The van der Waals surface area contributed by atoms with E-state index < -0.39 is 0 Å². The van der Waals surface area contributed by atoms with Gasteiger partial charge in [-0.3, -0.25) is 4.79 Å². The van der Waals surface area contributed by atoms with E-state index in [0.29, 0.717) is 0 Å². The van der Waals surface area contributed by atoms with Gasteiger partial charge in [-0.1, -0.05) is 44.2 Å². The largest absolute Gasteiger partial charge is 0.345 e. The Labute approximate surface area is 147 Å². The van der Waals surface area contributed by atoms with Crippen LogP contribution in [0.1, 0.15) is 31.7 Å². The summed E-state index contributed by atoms with van der Waals surface area (Å²) in [5.74, 6) is 1.19. The van der Waals surface area contributed by atoms with Gasteiger partial charge in [-0.05, 0) is 12.0 Å². The van der Waals surface area contributed by atoms with Gasteiger partial charge in [-0.2, -0.15) is 4.37 Å². The fourth-order valence-corrected chi connectivity index (χ4v) is 3.65. The summed E-state index contributed by atoms with van der Waals surface area (Å²) in [5.41, 5.74) is 1.23. The first-order valence-electron chi connectivity index (χ1n) is 8.53. The highest BCUT2D eigenvalue weighted by Crippen LogP contribution is 2.21. The third-order valence-corrected chi connectivity index (χ3v) is 5.05. The van der Waals surface area contributed by atoms with E-state index in [4.69, 9.17) is 4.98 Å². The van der Waals surface area contributed by atoms with Crippen molar-refractivity contribution in [3.05, 3.63) is 41.7 Å². The molecule has 0 aliphatic carbocycles. The molecule has 0 saturated carbocycles. The lowest BCUT2D eigenvalue weighted by atomic mass is 10.1. The fraction of sp³-hybridized carbons (Fsp3) is 0.500. The topological polar surface area (TPSA) is 49.3 Å². The van der Waals surface area contributed by atoms with Crippen molar-refractivity contribution in [2.45, 2.75) is 26.7 Å². The standard InChI is InChI=1S/C18H24N4OS/c1-14(2)17(23)21-9-6-10-22(12-11-21)18-19-16(20-24-18)13-15-7-4-3-5-8-15/h3-5,7-8,14H,6,9-13H2,1-2H3. The van der Waals surface area contributed by atoms with E-state index in [1.807, 2.05) is 36.9 Å². The van der Waals surface area contributed by atoms with Gasteiger partial charge in [0, 0.05) is 50.1 Å². The number of aromatic nitrogens is 2. The second-order valence-electron chi connectivity index (χ2n) is 6.48. The third-order valence-electron chi connectivity index (χ3n) is 4.23. The molecule has 0 radical (unpaired) electrons. The number of nitrogens with zero attached hydrogens (tertiary/aromatic N) is 4. The van der Waals surface area contributed by atoms with Gasteiger partial charge < -0.3 is 9.80 Å². The minimum Gasteiger partial charge on any atom is -0.345 e. The molecule has 0 atom stereocenters. The zero-order valence-corrected chi connectivity index (χ0v) is 15.1. The first kappa shape index (κ1) is 16.9. The molecule has 1 fully saturated rings. The van der Waals surface area contributed by atoms with Gasteiger partial charge >= 0.3 is 0 Å². The number of hydrogen-bond acceptors (Lipinski definition) is 5. The highest BCUT2D eigenvalue weighted by molar-refractivity contribution is 7.09. The number of carbonyl (C=O) groups excluding carboxylic acids is 1. The van der Waals surface area contributed by atoms with Crippen molar-refractivity contribution in [2.75, 3.05) is 31.1 Å². The van der Waals surface area contributed by atoms with Crippen molar-refractivity contribution < 1.29 is 4.79 Å². The molecule has 3 rings (SSSR count). The van der Waals surface area contributed by atoms with Crippen LogP contribution in [0, 0.1) is 5.92 Å². The van der Waals surface area contributed by atoms with Gasteiger partial charge in [0.2, 0.25) is 11.0 Å². The van der Waals surface area contributed by atoms with Crippen LogP contribution in [0.2, 0.25) is 0 Å². The van der Waals surface area contributed by atoms with Gasteiger partial charge in [0.1, 0.15) is 5.82 Å². The SMILES string of the molecule is CC(C)C(=O)N1CCCN(c2nc(Cc3ccccc3)ns2)CC1. The lowest BCUT2D eigenvalue weighted by molar-refractivity contribution is -0.134. The average Bonchev–Trinajstić information content (AvgIpc) is 2.90. The molecule has 0 unspecified atom stereocenters. The van der Waals surface area contributed by atoms with Crippen LogP contribution in [0.5, 0.6) is 0 Å². The summed E-state index contributed by atoms with van der Waals surface area (Å²) in [6.07, 6.45) is 1.75. The summed E-state index contributed by atoms with van der Waals surface area (Å²) in [5, 5.41) is 0.972. The summed E-state index contributed by atoms with van der Waals surface area (Å²) >= 11 is 1.46. The molecule has 1 amide bonds. The predicted molar refractivity (Wildman–Crippen MR) is 97.4 cm³/mol. The third kappa shape index (κ3) is 4.12. The van der Waals surface area contributed by atoms with E-state index in [9.17, 15) is 4.79 Å². The van der Waals surface area contributed by atoms with Crippen molar-refractivity contribution in [1.29, 1.82) is 0 Å². The molecular weight excluding hydrogens is 320 g/mol. The summed E-state index contributed by atoms with van der Waals surface area (Å²) < 4.78 is 4.51. The highest BCUT2D eigenvalue weighted by Gasteiger charge is 2.22. The maximum atomic E-state index is 12.2. The lowest BCUT2D eigenvalue weighted by Crippen LogP contribution is -2.37. The van der Waals surface area contributed by atoms with E-state index in [0.717, 1.165) is 50.0 Å². The maximum absolute atomic E-state index is 12.2. The van der Waals surface area contributed by atoms with E-state index in [1.165, 1.54) is 17.1 Å². The van der Waals surface area contributed by atoms with Crippen LogP contribution in [-0.2, 0) is 11.2 Å². The summed E-state index contributed by atoms with van der Waals surface area (Å²) in [6, 6.07) is 10.3. The summed E-state index contributed by atoms with van der Waals surface area (Å²) in [6.45, 7) is 7.30. The number of rotatable bonds is 4. The molecule has 5 nitrogen and oxygen atoms in total. The van der Waals surface area contributed by atoms with Crippen molar-refractivity contribution >= 4 is 22.6 Å². The van der Waals surface area contributed by atoms with Gasteiger partial charge in [0.05, 0.1) is 0 Å². The lowest BCUT2D eigenvalue weighted by Gasteiger charge is -2.23. The molecule has 1 aromatic carbocycles. The average molecular weight is 344 g/mol. The first-order chi connectivity index (χ1) is 11.6. The van der Waals surface area contributed by atoms with Crippen molar-refractivity contribution in [1.82, 2.24) is 14.3 Å². The Morgan fingerprint density at radius 1 is 1.17 bits per heavy atom. The second-order valence-corrected chi connectivity index (χ2v) is 7.21. The van der Waals surface area contributed by atoms with Crippen LogP contribution in [0.4, 0.5) is 5.13 Å². The molecule has 0 N–H and O–H groups in total. The molecule has 1 aliphatic heterocycles. The Morgan fingerprint density at radius 2 is 1.96 bits per heavy atom. The van der Waals surface area contributed by atoms with Gasteiger partial charge in [0.25, 0.3) is 0 Å². The minimum absolute atomic E-state index is 0.0653. The smallest absolute Gasteiger partial charge is 0.225 e. The van der Waals surface area contributed by atoms with E-state index in [-0.39, 0.29) is 11.8 Å². The van der Waals surface area contributed by atoms with Crippen LogP contribution in [-0.4, -0.2) is 46.3 Å². The Morgan fingerprint density at radius 3 is 2.71 bits per heavy atom. The molecule has 1 aromatic heterocycles. The first-order valence-corrected chi connectivity index (χ1v) is 9.31. The molecule has 128 valence electrons. The Hall–Kier alpha value is -1.95. The molecular formula is C18H24N4OS. The van der Waals surface area contributed by atoms with Crippen LogP contribution in [0.25, 0.3) is 0 Å². The van der Waals surface area contributed by atoms with E-state index >= 15 is 0 Å². The van der Waals surface area contributed by atoms with Crippen molar-refractivity contribution in [2.24, 2.45) is 5.92 Å². The number of amides is 1. The van der Waals surface area contributed by atoms with Gasteiger partial charge in [0.15, 0.2) is 0 Å². The van der Waals surface area contributed by atoms with E-state index in [1.54, 1.807) is 0 Å². The second kappa shape index (κ2) is 7.75. The molecule has 0 spiro atoms. The van der Waals surface area contributed by atoms with Crippen LogP contribution in [0.3, 0.4) is 0 Å². The van der Waals surface area contributed by atoms with Crippen LogP contribution < -0.4 is 4.90 Å². The zero-order valence-electron chi connectivity index (χ0n) is 14.3. The minimum atomic E-state index is 0.0653. The van der Waals surface area contributed by atoms with E-state index in [2.05, 4.69) is 21.4 Å².